The number of urea groups is 1. The number of carbonyl (C=O) groups excluding carboxylic acids is 1. The molecule has 4 nitrogen and oxygen atoms in total. The molecule has 1 heterocycles. The molecule has 2 amide bonds. The van der Waals surface area contributed by atoms with Crippen molar-refractivity contribution in [2.24, 2.45) is 0 Å². The van der Waals surface area contributed by atoms with Crippen LogP contribution in [0.4, 0.5) is 19.3 Å². The van der Waals surface area contributed by atoms with Crippen LogP contribution in [0.1, 0.15) is 18.4 Å². The second kappa shape index (κ2) is 6.89. The van der Waals surface area contributed by atoms with Crippen molar-refractivity contribution in [3.63, 3.8) is 0 Å². The third-order valence-corrected chi connectivity index (χ3v) is 4.64. The number of nitrogens with zero attached hydrogens (tertiary/aromatic N) is 2. The van der Waals surface area contributed by atoms with E-state index in [0.29, 0.717) is 25.9 Å². The summed E-state index contributed by atoms with van der Waals surface area (Å²) in [7, 11) is 0. The Morgan fingerprint density at radius 2 is 1.64 bits per heavy atom. The molecular weight excluding hydrogens is 324 g/mol. The lowest BCUT2D eigenvalue weighted by Gasteiger charge is -2.37. The number of halogens is 2. The Bertz CT molecular complexity index is 789. The number of hydrogen-bond donors (Lipinski definition) is 1. The Hall–Kier alpha value is -2.94. The molecule has 0 unspecified atom stereocenters. The summed E-state index contributed by atoms with van der Waals surface area (Å²) in [6, 6.07) is 14.7. The van der Waals surface area contributed by atoms with Crippen LogP contribution in [0.25, 0.3) is 0 Å². The molecule has 0 saturated carbocycles. The summed E-state index contributed by atoms with van der Waals surface area (Å²) < 4.78 is 27.3. The fourth-order valence-corrected chi connectivity index (χ4v) is 3.12. The van der Waals surface area contributed by atoms with Gasteiger partial charge in [-0.15, -0.1) is 0 Å². The number of rotatable bonds is 2. The molecule has 0 atom stereocenters. The summed E-state index contributed by atoms with van der Waals surface area (Å²) in [6.07, 6.45) is 0.946. The molecule has 0 radical (unpaired) electrons. The summed E-state index contributed by atoms with van der Waals surface area (Å²) in [4.78, 5) is 13.8. The van der Waals surface area contributed by atoms with Crippen LogP contribution in [0.3, 0.4) is 0 Å². The zero-order valence-corrected chi connectivity index (χ0v) is 13.5. The molecule has 0 bridgehead atoms. The first kappa shape index (κ1) is 16.9. The molecule has 128 valence electrons. The quantitative estimate of drug-likeness (QED) is 0.896. The highest BCUT2D eigenvalue weighted by Crippen LogP contribution is 2.35. The maximum absolute atomic E-state index is 13.7. The van der Waals surface area contributed by atoms with Gasteiger partial charge < -0.3 is 10.2 Å². The van der Waals surface area contributed by atoms with E-state index in [4.69, 9.17) is 0 Å². The number of amides is 2. The first-order valence-electron chi connectivity index (χ1n) is 8.02. The van der Waals surface area contributed by atoms with E-state index in [-0.39, 0.29) is 0 Å². The van der Waals surface area contributed by atoms with Crippen molar-refractivity contribution in [3.05, 3.63) is 65.7 Å². The van der Waals surface area contributed by atoms with Gasteiger partial charge in [0.25, 0.3) is 0 Å². The third kappa shape index (κ3) is 3.31. The van der Waals surface area contributed by atoms with E-state index in [1.807, 2.05) is 30.3 Å². The summed E-state index contributed by atoms with van der Waals surface area (Å²) >= 11 is 0. The Morgan fingerprint density at radius 1 is 1.04 bits per heavy atom. The first-order valence-corrected chi connectivity index (χ1v) is 8.02. The number of para-hydroxylation sites is 1. The molecule has 3 rings (SSSR count). The number of benzene rings is 2. The molecule has 25 heavy (non-hydrogen) atoms. The summed E-state index contributed by atoms with van der Waals surface area (Å²) in [5.41, 5.74) is -0.160. The van der Waals surface area contributed by atoms with E-state index in [1.165, 1.54) is 11.0 Å². The van der Waals surface area contributed by atoms with Gasteiger partial charge in [0.2, 0.25) is 0 Å². The van der Waals surface area contributed by atoms with Crippen LogP contribution in [0.5, 0.6) is 0 Å². The minimum absolute atomic E-state index is 0.338. The van der Waals surface area contributed by atoms with E-state index in [9.17, 15) is 18.8 Å². The number of piperidine rings is 1. The average molecular weight is 341 g/mol. The summed E-state index contributed by atoms with van der Waals surface area (Å²) in [5, 5.41) is 11.9. The molecule has 6 heteroatoms. The van der Waals surface area contributed by atoms with Crippen molar-refractivity contribution in [3.8, 4) is 6.07 Å². The van der Waals surface area contributed by atoms with Gasteiger partial charge in [0.15, 0.2) is 0 Å². The Labute approximate surface area is 144 Å². The van der Waals surface area contributed by atoms with E-state index < -0.39 is 28.8 Å². The number of anilines is 1. The number of likely N-dealkylation sites (tertiary alicyclic amines) is 1. The molecule has 0 spiro atoms. The van der Waals surface area contributed by atoms with Crippen LogP contribution in [-0.4, -0.2) is 24.0 Å². The van der Waals surface area contributed by atoms with Gasteiger partial charge in [-0.2, -0.15) is 5.26 Å². The van der Waals surface area contributed by atoms with Gasteiger partial charge in [-0.25, -0.2) is 13.6 Å². The standard InChI is InChI=1S/C19H17F2N3O/c20-15-7-4-8-16(21)17(15)23-18(25)24-11-9-19(13-22,10-12-24)14-5-2-1-3-6-14/h1-8H,9-12H2,(H,23,25). The molecule has 1 fully saturated rings. The maximum atomic E-state index is 13.7. The molecule has 1 saturated heterocycles. The highest BCUT2D eigenvalue weighted by atomic mass is 19.1. The van der Waals surface area contributed by atoms with Crippen molar-refractivity contribution in [2.75, 3.05) is 18.4 Å². The predicted molar refractivity (Wildman–Crippen MR) is 89.9 cm³/mol. The Morgan fingerprint density at radius 3 is 2.20 bits per heavy atom. The van der Waals surface area contributed by atoms with Crippen LogP contribution in [0.2, 0.25) is 0 Å². The highest BCUT2D eigenvalue weighted by molar-refractivity contribution is 5.89. The monoisotopic (exact) mass is 341 g/mol. The molecule has 1 aliphatic heterocycles. The lowest BCUT2D eigenvalue weighted by molar-refractivity contribution is 0.183. The van der Waals surface area contributed by atoms with Crippen molar-refractivity contribution in [1.82, 2.24) is 4.90 Å². The Balaban J connectivity index is 1.70. The van der Waals surface area contributed by atoms with Crippen molar-refractivity contribution in [2.45, 2.75) is 18.3 Å². The topological polar surface area (TPSA) is 56.1 Å². The van der Waals surface area contributed by atoms with Gasteiger partial charge in [-0.05, 0) is 30.5 Å². The van der Waals surface area contributed by atoms with Crippen molar-refractivity contribution >= 4 is 11.7 Å². The van der Waals surface area contributed by atoms with Gasteiger partial charge >= 0.3 is 6.03 Å². The molecule has 0 aromatic heterocycles. The van der Waals surface area contributed by atoms with Crippen LogP contribution in [0.15, 0.2) is 48.5 Å². The second-order valence-electron chi connectivity index (χ2n) is 6.07. The smallest absolute Gasteiger partial charge is 0.322 e. The van der Waals surface area contributed by atoms with E-state index in [2.05, 4.69) is 11.4 Å². The number of carbonyl (C=O) groups is 1. The largest absolute Gasteiger partial charge is 0.324 e. The first-order chi connectivity index (χ1) is 12.1. The van der Waals surface area contributed by atoms with Gasteiger partial charge in [0, 0.05) is 13.1 Å². The van der Waals surface area contributed by atoms with Crippen molar-refractivity contribution < 1.29 is 13.6 Å². The van der Waals surface area contributed by atoms with Crippen LogP contribution in [0, 0.1) is 23.0 Å². The number of nitrogens with one attached hydrogen (secondary N) is 1. The van der Waals surface area contributed by atoms with Crippen molar-refractivity contribution in [1.29, 1.82) is 5.26 Å². The van der Waals surface area contributed by atoms with E-state index in [1.54, 1.807) is 0 Å². The minimum Gasteiger partial charge on any atom is -0.324 e. The molecule has 1 aliphatic rings. The maximum Gasteiger partial charge on any atom is 0.322 e. The van der Waals surface area contributed by atoms with Crippen LogP contribution < -0.4 is 5.32 Å². The van der Waals surface area contributed by atoms with Gasteiger partial charge in [0.05, 0.1) is 11.5 Å². The lowest BCUT2D eigenvalue weighted by Crippen LogP contribution is -2.46. The average Bonchev–Trinajstić information content (AvgIpc) is 2.65. The molecule has 2 aromatic carbocycles. The zero-order valence-electron chi connectivity index (χ0n) is 13.5. The van der Waals surface area contributed by atoms with Gasteiger partial charge in [0.1, 0.15) is 17.3 Å². The van der Waals surface area contributed by atoms with E-state index in [0.717, 1.165) is 17.7 Å². The van der Waals surface area contributed by atoms with Crippen LogP contribution in [-0.2, 0) is 5.41 Å². The summed E-state index contributed by atoms with van der Waals surface area (Å²) in [5.74, 6) is -1.64. The SMILES string of the molecule is N#CC1(c2ccccc2)CCN(C(=O)Nc2c(F)cccc2F)CC1. The number of nitriles is 1. The summed E-state index contributed by atoms with van der Waals surface area (Å²) in [6.45, 7) is 0.675. The normalized spacial score (nSPS) is 16.1. The van der Waals surface area contributed by atoms with E-state index >= 15 is 0 Å². The predicted octanol–water partition coefficient (Wildman–Crippen LogP) is 4.05. The minimum atomic E-state index is -0.819. The molecular formula is C19H17F2N3O. The second-order valence-corrected chi connectivity index (χ2v) is 6.07. The Kier molecular flexibility index (Phi) is 4.66. The highest BCUT2D eigenvalue weighted by Gasteiger charge is 2.37. The molecule has 2 aromatic rings. The van der Waals surface area contributed by atoms with Gasteiger partial charge in [-0.1, -0.05) is 36.4 Å². The molecule has 0 aliphatic carbocycles. The lowest BCUT2D eigenvalue weighted by atomic mass is 9.74. The zero-order chi connectivity index (χ0) is 17.9. The number of hydrogen-bond acceptors (Lipinski definition) is 2. The fraction of sp³-hybridized carbons (Fsp3) is 0.263. The fourth-order valence-electron chi connectivity index (χ4n) is 3.12. The van der Waals surface area contributed by atoms with Crippen LogP contribution >= 0.6 is 0 Å². The third-order valence-electron chi connectivity index (χ3n) is 4.64. The molecule has 1 N–H and O–H groups in total. The van der Waals surface area contributed by atoms with Gasteiger partial charge in [-0.3, -0.25) is 0 Å².